The van der Waals surface area contributed by atoms with E-state index >= 15 is 0 Å². The summed E-state index contributed by atoms with van der Waals surface area (Å²) < 4.78 is 24.8. The molecular formula is C7H5ClF2O2. The normalized spacial score (nSPS) is 8.83. The summed E-state index contributed by atoms with van der Waals surface area (Å²) in [6.07, 6.45) is 0. The summed E-state index contributed by atoms with van der Waals surface area (Å²) in [5, 5.41) is 8.28. The summed E-state index contributed by atoms with van der Waals surface area (Å²) in [4.78, 5) is 10.2. The Morgan fingerprint density at radius 3 is 2.33 bits per heavy atom. The van der Waals surface area contributed by atoms with Crippen molar-refractivity contribution >= 4 is 18.4 Å². The first-order valence-electron chi connectivity index (χ1n) is 2.80. The van der Waals surface area contributed by atoms with Crippen molar-refractivity contribution in [2.75, 3.05) is 0 Å². The molecule has 0 aromatic heterocycles. The van der Waals surface area contributed by atoms with Crippen molar-refractivity contribution in [1.29, 1.82) is 0 Å². The van der Waals surface area contributed by atoms with Crippen LogP contribution in [-0.4, -0.2) is 11.1 Å². The van der Waals surface area contributed by atoms with Crippen LogP contribution in [0, 0.1) is 11.6 Å². The Kier molecular flexibility index (Phi) is 3.63. The Labute approximate surface area is 73.2 Å². The third-order valence-corrected chi connectivity index (χ3v) is 1.18. The molecule has 5 heteroatoms. The molecule has 1 aromatic carbocycles. The molecule has 0 aliphatic carbocycles. The topological polar surface area (TPSA) is 37.3 Å². The Bertz CT molecular complexity index is 301. The van der Waals surface area contributed by atoms with Gasteiger partial charge in [-0.3, -0.25) is 0 Å². The van der Waals surface area contributed by atoms with Crippen LogP contribution in [0.1, 0.15) is 10.4 Å². The highest BCUT2D eigenvalue weighted by Gasteiger charge is 2.12. The van der Waals surface area contributed by atoms with Crippen LogP contribution in [0.3, 0.4) is 0 Å². The number of halogens is 3. The van der Waals surface area contributed by atoms with Gasteiger partial charge in [-0.05, 0) is 12.1 Å². The third-order valence-electron chi connectivity index (χ3n) is 1.18. The van der Waals surface area contributed by atoms with Crippen molar-refractivity contribution in [3.8, 4) is 0 Å². The lowest BCUT2D eigenvalue weighted by Gasteiger charge is -1.95. The average molecular weight is 195 g/mol. The Morgan fingerprint density at radius 2 is 1.92 bits per heavy atom. The minimum Gasteiger partial charge on any atom is -0.478 e. The monoisotopic (exact) mass is 194 g/mol. The Balaban J connectivity index is 0.00000121. The molecule has 0 saturated heterocycles. The first-order valence-corrected chi connectivity index (χ1v) is 2.80. The predicted molar refractivity (Wildman–Crippen MR) is 40.6 cm³/mol. The van der Waals surface area contributed by atoms with Gasteiger partial charge in [0.25, 0.3) is 0 Å². The van der Waals surface area contributed by atoms with E-state index in [0.29, 0.717) is 0 Å². The molecule has 0 atom stereocenters. The molecule has 0 aliphatic heterocycles. The van der Waals surface area contributed by atoms with Crippen LogP contribution >= 0.6 is 12.4 Å². The molecule has 0 heterocycles. The molecule has 0 unspecified atom stereocenters. The third kappa shape index (κ3) is 1.92. The van der Waals surface area contributed by atoms with Gasteiger partial charge in [0.15, 0.2) is 11.6 Å². The number of aromatic carboxylic acids is 1. The van der Waals surface area contributed by atoms with Crippen LogP contribution in [0.15, 0.2) is 18.2 Å². The molecule has 12 heavy (non-hydrogen) atoms. The summed E-state index contributed by atoms with van der Waals surface area (Å²) in [6.45, 7) is 0. The van der Waals surface area contributed by atoms with Crippen molar-refractivity contribution < 1.29 is 18.7 Å². The molecule has 1 aromatic rings. The maximum absolute atomic E-state index is 12.5. The summed E-state index contributed by atoms with van der Waals surface area (Å²) in [5.74, 6) is -3.94. The van der Waals surface area contributed by atoms with E-state index in [1.165, 1.54) is 0 Å². The van der Waals surface area contributed by atoms with Crippen LogP contribution in [0.2, 0.25) is 0 Å². The first kappa shape index (κ1) is 10.8. The van der Waals surface area contributed by atoms with E-state index in [-0.39, 0.29) is 12.4 Å². The number of rotatable bonds is 1. The lowest BCUT2D eigenvalue weighted by Crippen LogP contribution is -2.01. The van der Waals surface area contributed by atoms with E-state index in [0.717, 1.165) is 18.2 Å². The van der Waals surface area contributed by atoms with Gasteiger partial charge in [-0.1, -0.05) is 6.07 Å². The SMILES string of the molecule is Cl.O=C(O)c1cccc(F)c1F. The quantitative estimate of drug-likeness (QED) is 0.743. The minimum atomic E-state index is -1.47. The van der Waals surface area contributed by atoms with Crippen LogP contribution in [0.4, 0.5) is 8.78 Å². The second-order valence-electron chi connectivity index (χ2n) is 1.91. The molecule has 0 saturated carbocycles. The predicted octanol–water partition coefficient (Wildman–Crippen LogP) is 2.08. The van der Waals surface area contributed by atoms with Gasteiger partial charge < -0.3 is 5.11 Å². The maximum Gasteiger partial charge on any atom is 0.338 e. The molecule has 0 radical (unpaired) electrons. The molecule has 0 amide bonds. The van der Waals surface area contributed by atoms with Crippen LogP contribution in [0.25, 0.3) is 0 Å². The Hall–Kier alpha value is -1.16. The highest BCUT2D eigenvalue weighted by atomic mass is 35.5. The van der Waals surface area contributed by atoms with Crippen LogP contribution in [-0.2, 0) is 0 Å². The van der Waals surface area contributed by atoms with E-state index in [9.17, 15) is 13.6 Å². The van der Waals surface area contributed by atoms with Gasteiger partial charge in [0, 0.05) is 0 Å². The second-order valence-corrected chi connectivity index (χ2v) is 1.91. The van der Waals surface area contributed by atoms with E-state index in [1.807, 2.05) is 0 Å². The van der Waals surface area contributed by atoms with Gasteiger partial charge in [-0.15, -0.1) is 12.4 Å². The molecule has 0 spiro atoms. The van der Waals surface area contributed by atoms with Crippen molar-refractivity contribution in [2.45, 2.75) is 0 Å². The fourth-order valence-electron chi connectivity index (χ4n) is 0.669. The van der Waals surface area contributed by atoms with Crippen molar-refractivity contribution in [3.63, 3.8) is 0 Å². The number of hydrogen-bond acceptors (Lipinski definition) is 1. The number of carboxylic acid groups (broad SMARTS) is 1. The molecule has 66 valence electrons. The number of benzene rings is 1. The molecule has 0 bridgehead atoms. The molecule has 2 nitrogen and oxygen atoms in total. The lowest BCUT2D eigenvalue weighted by atomic mass is 10.2. The summed E-state index contributed by atoms with van der Waals surface area (Å²) in [5.41, 5.74) is -0.648. The van der Waals surface area contributed by atoms with Crippen LogP contribution < -0.4 is 0 Å². The molecule has 0 aliphatic rings. The van der Waals surface area contributed by atoms with E-state index < -0.39 is 23.2 Å². The van der Waals surface area contributed by atoms with E-state index in [2.05, 4.69) is 0 Å². The zero-order valence-corrected chi connectivity index (χ0v) is 6.57. The Morgan fingerprint density at radius 1 is 1.33 bits per heavy atom. The van der Waals surface area contributed by atoms with E-state index in [1.54, 1.807) is 0 Å². The highest BCUT2D eigenvalue weighted by molar-refractivity contribution is 5.87. The van der Waals surface area contributed by atoms with Crippen molar-refractivity contribution in [1.82, 2.24) is 0 Å². The van der Waals surface area contributed by atoms with Gasteiger partial charge >= 0.3 is 5.97 Å². The maximum atomic E-state index is 12.5. The fraction of sp³-hybridized carbons (Fsp3) is 0. The number of hydrogen-bond donors (Lipinski definition) is 1. The lowest BCUT2D eigenvalue weighted by molar-refractivity contribution is 0.0690. The summed E-state index contributed by atoms with van der Waals surface area (Å²) in [6, 6.07) is 3.00. The van der Waals surface area contributed by atoms with Crippen molar-refractivity contribution in [2.24, 2.45) is 0 Å². The van der Waals surface area contributed by atoms with Gasteiger partial charge in [0.1, 0.15) is 0 Å². The number of carbonyl (C=O) groups is 1. The van der Waals surface area contributed by atoms with Crippen LogP contribution in [0.5, 0.6) is 0 Å². The van der Waals surface area contributed by atoms with Crippen molar-refractivity contribution in [3.05, 3.63) is 35.4 Å². The summed E-state index contributed by atoms with van der Waals surface area (Å²) in [7, 11) is 0. The summed E-state index contributed by atoms with van der Waals surface area (Å²) >= 11 is 0. The largest absolute Gasteiger partial charge is 0.478 e. The zero-order valence-electron chi connectivity index (χ0n) is 5.75. The fourth-order valence-corrected chi connectivity index (χ4v) is 0.669. The molecule has 1 rings (SSSR count). The standard InChI is InChI=1S/C7H4F2O2.ClH/c8-5-3-1-2-4(6(5)9)7(10)11;/h1-3H,(H,10,11);1H. The first-order chi connectivity index (χ1) is 5.13. The van der Waals surface area contributed by atoms with Gasteiger partial charge in [0.05, 0.1) is 5.56 Å². The van der Waals surface area contributed by atoms with Gasteiger partial charge in [-0.25, -0.2) is 13.6 Å². The minimum absolute atomic E-state index is 0. The average Bonchev–Trinajstić information content (AvgIpc) is 1.94. The zero-order chi connectivity index (χ0) is 8.43. The second kappa shape index (κ2) is 4.01. The van der Waals surface area contributed by atoms with Gasteiger partial charge in [-0.2, -0.15) is 0 Å². The number of carboxylic acids is 1. The van der Waals surface area contributed by atoms with Gasteiger partial charge in [0.2, 0.25) is 0 Å². The highest BCUT2D eigenvalue weighted by Crippen LogP contribution is 2.10. The molecular weight excluding hydrogens is 190 g/mol. The van der Waals surface area contributed by atoms with E-state index in [4.69, 9.17) is 5.11 Å². The smallest absolute Gasteiger partial charge is 0.338 e. The molecule has 1 N–H and O–H groups in total. The molecule has 0 fully saturated rings.